The lowest BCUT2D eigenvalue weighted by molar-refractivity contribution is 0.0651. The van der Waals surface area contributed by atoms with E-state index in [9.17, 15) is 9.59 Å². The third kappa shape index (κ3) is 5.96. The number of unbranched alkanes of at least 4 members (excludes halogenated alkanes) is 8. The second-order valence-electron chi connectivity index (χ2n) is 7.29. The van der Waals surface area contributed by atoms with Crippen LogP contribution in [0.25, 0.3) is 0 Å². The Morgan fingerprint density at radius 1 is 0.720 bits per heavy atom. The maximum atomic E-state index is 12.2. The maximum absolute atomic E-state index is 12.2. The molecular formula is C21H32N2O2. The van der Waals surface area contributed by atoms with Crippen LogP contribution in [-0.4, -0.2) is 48.8 Å². The summed E-state index contributed by atoms with van der Waals surface area (Å²) in [5, 5.41) is 0. The van der Waals surface area contributed by atoms with E-state index >= 15 is 0 Å². The molecular weight excluding hydrogens is 312 g/mol. The highest BCUT2D eigenvalue weighted by molar-refractivity contribution is 6.21. The highest BCUT2D eigenvalue weighted by atomic mass is 16.2. The zero-order valence-corrected chi connectivity index (χ0v) is 15.8. The number of benzene rings is 1. The van der Waals surface area contributed by atoms with Gasteiger partial charge in [-0.05, 0) is 45.6 Å². The van der Waals surface area contributed by atoms with Crippen molar-refractivity contribution >= 4 is 11.8 Å². The van der Waals surface area contributed by atoms with E-state index in [1.807, 2.05) is 12.1 Å². The summed E-state index contributed by atoms with van der Waals surface area (Å²) in [5.41, 5.74) is 1.11. The van der Waals surface area contributed by atoms with Crippen molar-refractivity contribution in [2.45, 2.75) is 57.8 Å². The summed E-state index contributed by atoms with van der Waals surface area (Å²) in [6.07, 6.45) is 11.0. The van der Waals surface area contributed by atoms with Gasteiger partial charge in [0.15, 0.2) is 0 Å². The summed E-state index contributed by atoms with van der Waals surface area (Å²) in [7, 11) is 4.25. The minimum atomic E-state index is -0.127. The number of fused-ring (bicyclic) bond motifs is 1. The summed E-state index contributed by atoms with van der Waals surface area (Å²) in [5.74, 6) is -0.253. The third-order valence-electron chi connectivity index (χ3n) is 4.87. The van der Waals surface area contributed by atoms with E-state index in [4.69, 9.17) is 0 Å². The van der Waals surface area contributed by atoms with Gasteiger partial charge < -0.3 is 4.90 Å². The van der Waals surface area contributed by atoms with Crippen LogP contribution in [0.1, 0.15) is 78.5 Å². The molecule has 0 radical (unpaired) electrons. The van der Waals surface area contributed by atoms with E-state index in [2.05, 4.69) is 19.0 Å². The fourth-order valence-corrected chi connectivity index (χ4v) is 3.38. The lowest BCUT2D eigenvalue weighted by Crippen LogP contribution is -2.30. The smallest absolute Gasteiger partial charge is 0.261 e. The molecule has 0 aliphatic carbocycles. The molecule has 0 saturated heterocycles. The Morgan fingerprint density at radius 2 is 1.16 bits per heavy atom. The van der Waals surface area contributed by atoms with Crippen molar-refractivity contribution in [3.05, 3.63) is 35.4 Å². The van der Waals surface area contributed by atoms with Crippen molar-refractivity contribution in [1.29, 1.82) is 0 Å². The van der Waals surface area contributed by atoms with Crippen molar-refractivity contribution < 1.29 is 9.59 Å². The summed E-state index contributed by atoms with van der Waals surface area (Å²) in [6, 6.07) is 7.12. The molecule has 1 aliphatic rings. The number of hydrogen-bond donors (Lipinski definition) is 0. The first-order chi connectivity index (χ1) is 12.1. The predicted octanol–water partition coefficient (Wildman–Crippen LogP) is 4.36. The SMILES string of the molecule is CN(C)CCCCCCCCCCCN1C(=O)c2ccccc2C1=O. The number of carbonyl (C=O) groups excluding carboxylic acids is 2. The molecule has 0 unspecified atom stereocenters. The van der Waals surface area contributed by atoms with Gasteiger partial charge in [0.2, 0.25) is 0 Å². The van der Waals surface area contributed by atoms with Gasteiger partial charge >= 0.3 is 0 Å². The summed E-state index contributed by atoms with van der Waals surface area (Å²) in [6.45, 7) is 1.74. The first-order valence-corrected chi connectivity index (χ1v) is 9.71. The normalized spacial score (nSPS) is 13.8. The van der Waals surface area contributed by atoms with Gasteiger partial charge in [-0.3, -0.25) is 14.5 Å². The zero-order valence-electron chi connectivity index (χ0n) is 15.8. The molecule has 0 saturated carbocycles. The van der Waals surface area contributed by atoms with Crippen LogP contribution in [0.15, 0.2) is 24.3 Å². The average Bonchev–Trinajstić information content (AvgIpc) is 2.84. The van der Waals surface area contributed by atoms with E-state index < -0.39 is 0 Å². The molecule has 4 heteroatoms. The van der Waals surface area contributed by atoms with Crippen molar-refractivity contribution in [2.24, 2.45) is 0 Å². The lowest BCUT2D eigenvalue weighted by atomic mass is 10.1. The lowest BCUT2D eigenvalue weighted by Gasteiger charge is -2.13. The quantitative estimate of drug-likeness (QED) is 0.418. The first-order valence-electron chi connectivity index (χ1n) is 9.71. The Labute approximate surface area is 152 Å². The first kappa shape index (κ1) is 19.6. The number of carbonyl (C=O) groups is 2. The molecule has 0 aromatic heterocycles. The Balaban J connectivity index is 1.50. The van der Waals surface area contributed by atoms with Crippen molar-refractivity contribution in [3.63, 3.8) is 0 Å². The molecule has 1 heterocycles. The molecule has 0 atom stereocenters. The highest BCUT2D eigenvalue weighted by Gasteiger charge is 2.34. The fourth-order valence-electron chi connectivity index (χ4n) is 3.38. The van der Waals surface area contributed by atoms with Crippen LogP contribution in [0.5, 0.6) is 0 Å². The molecule has 0 N–H and O–H groups in total. The van der Waals surface area contributed by atoms with Crippen LogP contribution in [0.2, 0.25) is 0 Å². The van der Waals surface area contributed by atoms with Gasteiger partial charge in [-0.25, -0.2) is 0 Å². The molecule has 2 rings (SSSR count). The van der Waals surface area contributed by atoms with Crippen molar-refractivity contribution in [1.82, 2.24) is 9.80 Å². The Bertz CT molecular complexity index is 534. The van der Waals surface area contributed by atoms with Crippen molar-refractivity contribution in [3.8, 4) is 0 Å². The van der Waals surface area contributed by atoms with E-state index in [-0.39, 0.29) is 11.8 Å². The minimum absolute atomic E-state index is 0.127. The molecule has 4 nitrogen and oxygen atoms in total. The predicted molar refractivity (Wildman–Crippen MR) is 102 cm³/mol. The largest absolute Gasteiger partial charge is 0.309 e. The van der Waals surface area contributed by atoms with Crippen LogP contribution in [0.3, 0.4) is 0 Å². The van der Waals surface area contributed by atoms with Gasteiger partial charge in [-0.2, -0.15) is 0 Å². The molecule has 1 aliphatic heterocycles. The summed E-state index contributed by atoms with van der Waals surface area (Å²) in [4.78, 5) is 28.1. The van der Waals surface area contributed by atoms with Crippen LogP contribution in [-0.2, 0) is 0 Å². The molecule has 1 aromatic carbocycles. The van der Waals surface area contributed by atoms with Crippen LogP contribution < -0.4 is 0 Å². The van der Waals surface area contributed by atoms with Crippen molar-refractivity contribution in [2.75, 3.05) is 27.2 Å². The molecule has 25 heavy (non-hydrogen) atoms. The average molecular weight is 344 g/mol. The number of imide groups is 1. The highest BCUT2D eigenvalue weighted by Crippen LogP contribution is 2.23. The van der Waals surface area contributed by atoms with E-state index in [0.717, 1.165) is 12.8 Å². The second kappa shape index (κ2) is 10.3. The number of amides is 2. The third-order valence-corrected chi connectivity index (χ3v) is 4.87. The van der Waals surface area contributed by atoms with Gasteiger partial charge in [0.05, 0.1) is 11.1 Å². The van der Waals surface area contributed by atoms with E-state index in [1.165, 1.54) is 56.4 Å². The number of hydrogen-bond acceptors (Lipinski definition) is 3. The van der Waals surface area contributed by atoms with Gasteiger partial charge in [0.25, 0.3) is 11.8 Å². The molecule has 138 valence electrons. The zero-order chi connectivity index (χ0) is 18.1. The minimum Gasteiger partial charge on any atom is -0.309 e. The second-order valence-corrected chi connectivity index (χ2v) is 7.29. The topological polar surface area (TPSA) is 40.6 Å². The van der Waals surface area contributed by atoms with Crippen LogP contribution in [0, 0.1) is 0 Å². The van der Waals surface area contributed by atoms with E-state index in [0.29, 0.717) is 17.7 Å². The van der Waals surface area contributed by atoms with Gasteiger partial charge in [0.1, 0.15) is 0 Å². The molecule has 1 aromatic rings. The van der Waals surface area contributed by atoms with Gasteiger partial charge in [-0.1, -0.05) is 57.1 Å². The van der Waals surface area contributed by atoms with Gasteiger partial charge in [0, 0.05) is 6.54 Å². The monoisotopic (exact) mass is 344 g/mol. The molecule has 0 bridgehead atoms. The number of nitrogens with zero attached hydrogens (tertiary/aromatic N) is 2. The Kier molecular flexibility index (Phi) is 8.13. The maximum Gasteiger partial charge on any atom is 0.261 e. The number of rotatable bonds is 12. The molecule has 0 spiro atoms. The van der Waals surface area contributed by atoms with Gasteiger partial charge in [-0.15, -0.1) is 0 Å². The summed E-state index contributed by atoms with van der Waals surface area (Å²) >= 11 is 0. The molecule has 0 fully saturated rings. The Hall–Kier alpha value is -1.68. The van der Waals surface area contributed by atoms with Crippen LogP contribution in [0.4, 0.5) is 0 Å². The standard InChI is InChI=1S/C21H32N2O2/c1-22(2)16-12-8-6-4-3-5-7-9-13-17-23-20(24)18-14-10-11-15-19(18)21(23)25/h10-11,14-15H,3-9,12-13,16-17H2,1-2H3. The molecule has 2 amide bonds. The summed E-state index contributed by atoms with van der Waals surface area (Å²) < 4.78 is 0. The van der Waals surface area contributed by atoms with E-state index in [1.54, 1.807) is 12.1 Å². The fraction of sp³-hybridized carbons (Fsp3) is 0.619. The van der Waals surface area contributed by atoms with Crippen LogP contribution >= 0.6 is 0 Å². The Morgan fingerprint density at radius 3 is 1.64 bits per heavy atom.